The number of rotatable bonds is 5. The van der Waals surface area contributed by atoms with Crippen molar-refractivity contribution in [2.24, 2.45) is 5.92 Å². The third kappa shape index (κ3) is 3.63. The van der Waals surface area contributed by atoms with Crippen molar-refractivity contribution in [3.63, 3.8) is 0 Å². The van der Waals surface area contributed by atoms with Gasteiger partial charge in [-0.05, 0) is 30.7 Å². The number of carbonyl (C=O) groups is 1. The summed E-state index contributed by atoms with van der Waals surface area (Å²) in [5.41, 5.74) is 2.74. The molecule has 4 rings (SSSR count). The molecule has 1 amide bonds. The highest BCUT2D eigenvalue weighted by molar-refractivity contribution is 5.87. The fourth-order valence-corrected chi connectivity index (χ4v) is 3.53. The summed E-state index contributed by atoms with van der Waals surface area (Å²) in [5.74, 6) is 1.32. The van der Waals surface area contributed by atoms with E-state index in [9.17, 15) is 4.79 Å². The zero-order valence-corrected chi connectivity index (χ0v) is 15.6. The number of carbonyl (C=O) groups excluding carboxylic acids is 1. The first-order chi connectivity index (χ1) is 13.1. The number of nitrogens with zero attached hydrogens (tertiary/aromatic N) is 4. The Morgan fingerprint density at radius 3 is 3.00 bits per heavy atom. The van der Waals surface area contributed by atoms with E-state index in [0.717, 1.165) is 47.7 Å². The molecule has 1 fully saturated rings. The molecular weight excluding hydrogens is 340 g/mol. The van der Waals surface area contributed by atoms with Gasteiger partial charge in [0, 0.05) is 36.8 Å². The largest absolute Gasteiger partial charge is 0.362 e. The molecule has 2 N–H and O–H groups in total. The van der Waals surface area contributed by atoms with Crippen LogP contribution in [0.2, 0.25) is 0 Å². The van der Waals surface area contributed by atoms with Crippen LogP contribution in [-0.2, 0) is 11.3 Å². The molecule has 27 heavy (non-hydrogen) atoms. The zero-order valence-electron chi connectivity index (χ0n) is 15.6. The lowest BCUT2D eigenvalue weighted by Gasteiger charge is -2.18. The zero-order chi connectivity index (χ0) is 18.8. The minimum absolute atomic E-state index is 0.0412. The second-order valence-electron chi connectivity index (χ2n) is 7.30. The van der Waals surface area contributed by atoms with Crippen LogP contribution in [-0.4, -0.2) is 44.1 Å². The molecule has 0 aromatic carbocycles. The molecule has 3 aromatic rings. The topological polar surface area (TPSA) is 86.8 Å². The molecule has 7 nitrogen and oxygen atoms in total. The van der Waals surface area contributed by atoms with E-state index >= 15 is 0 Å². The highest BCUT2D eigenvalue weighted by atomic mass is 16.2. The summed E-state index contributed by atoms with van der Waals surface area (Å²) in [6.07, 6.45) is 2.73. The number of H-pyrrole nitrogens is 1. The monoisotopic (exact) mass is 364 g/mol. The number of likely N-dealkylation sites (tertiary alicyclic amines) is 1. The molecule has 1 aliphatic rings. The maximum absolute atomic E-state index is 12.2. The highest BCUT2D eigenvalue weighted by Crippen LogP contribution is 2.29. The Bertz CT molecular complexity index is 936. The van der Waals surface area contributed by atoms with Crippen molar-refractivity contribution < 1.29 is 4.79 Å². The van der Waals surface area contributed by atoms with E-state index in [2.05, 4.69) is 32.6 Å². The van der Waals surface area contributed by atoms with E-state index in [1.54, 1.807) is 6.20 Å². The second kappa shape index (κ2) is 7.34. The van der Waals surface area contributed by atoms with Gasteiger partial charge in [0.1, 0.15) is 0 Å². The van der Waals surface area contributed by atoms with Crippen LogP contribution < -0.4 is 5.32 Å². The Kier molecular flexibility index (Phi) is 4.75. The van der Waals surface area contributed by atoms with Gasteiger partial charge < -0.3 is 10.2 Å². The molecule has 7 heteroatoms. The standard InChI is InChI=1S/C20H24N6O/c1-13(2)20(27)26-10-8-14(12-26)17-7-6-16-18(24-25-19(16)23-17)22-11-15-5-3-4-9-21-15/h3-7,9,13-14H,8,10-12H2,1-2H3,(H2,22,23,24,25)/t14-/m0/s1. The van der Waals surface area contributed by atoms with Crippen molar-refractivity contribution in [1.82, 2.24) is 25.1 Å². The molecule has 0 radical (unpaired) electrons. The SMILES string of the molecule is CC(C)C(=O)N1CC[C@H](c2ccc3c(NCc4ccccn4)n[nH]c3n2)C1. The second-order valence-corrected chi connectivity index (χ2v) is 7.30. The molecule has 1 atom stereocenters. The minimum atomic E-state index is 0.0412. The van der Waals surface area contributed by atoms with Gasteiger partial charge in [0.05, 0.1) is 17.6 Å². The first kappa shape index (κ1) is 17.5. The lowest BCUT2D eigenvalue weighted by molar-refractivity contribution is -0.133. The van der Waals surface area contributed by atoms with E-state index in [1.165, 1.54) is 0 Å². The number of anilines is 1. The molecule has 0 bridgehead atoms. The van der Waals surface area contributed by atoms with E-state index < -0.39 is 0 Å². The summed E-state index contributed by atoms with van der Waals surface area (Å²) in [7, 11) is 0. The Hall–Kier alpha value is -2.96. The van der Waals surface area contributed by atoms with E-state index in [4.69, 9.17) is 4.98 Å². The molecule has 0 unspecified atom stereocenters. The lowest BCUT2D eigenvalue weighted by atomic mass is 10.0. The number of nitrogens with one attached hydrogen (secondary N) is 2. The lowest BCUT2D eigenvalue weighted by Crippen LogP contribution is -2.32. The molecule has 0 spiro atoms. The first-order valence-electron chi connectivity index (χ1n) is 9.39. The van der Waals surface area contributed by atoms with Gasteiger partial charge in [-0.1, -0.05) is 19.9 Å². The van der Waals surface area contributed by atoms with Crippen molar-refractivity contribution in [2.45, 2.75) is 32.7 Å². The van der Waals surface area contributed by atoms with Gasteiger partial charge in [0.15, 0.2) is 11.5 Å². The van der Waals surface area contributed by atoms with Gasteiger partial charge >= 0.3 is 0 Å². The quantitative estimate of drug-likeness (QED) is 0.727. The molecule has 0 aliphatic carbocycles. The van der Waals surface area contributed by atoms with E-state index in [-0.39, 0.29) is 17.7 Å². The summed E-state index contributed by atoms with van der Waals surface area (Å²) in [4.78, 5) is 23.2. The van der Waals surface area contributed by atoms with E-state index in [0.29, 0.717) is 6.54 Å². The van der Waals surface area contributed by atoms with Gasteiger partial charge in [0.2, 0.25) is 5.91 Å². The molecule has 140 valence electrons. The van der Waals surface area contributed by atoms with Gasteiger partial charge in [-0.2, -0.15) is 5.10 Å². The molecule has 3 aromatic heterocycles. The van der Waals surface area contributed by atoms with Gasteiger partial charge in [-0.15, -0.1) is 0 Å². The Morgan fingerprint density at radius 2 is 2.22 bits per heavy atom. The van der Waals surface area contributed by atoms with Crippen molar-refractivity contribution in [2.75, 3.05) is 18.4 Å². The average Bonchev–Trinajstić information content (AvgIpc) is 3.33. The maximum Gasteiger partial charge on any atom is 0.225 e. The van der Waals surface area contributed by atoms with Gasteiger partial charge in [0.25, 0.3) is 0 Å². The molecule has 1 aliphatic heterocycles. The number of aromatic amines is 1. The third-order valence-corrected chi connectivity index (χ3v) is 5.02. The van der Waals surface area contributed by atoms with Crippen LogP contribution in [0.4, 0.5) is 5.82 Å². The number of pyridine rings is 2. The predicted octanol–water partition coefficient (Wildman–Crippen LogP) is 2.94. The fourth-order valence-electron chi connectivity index (χ4n) is 3.53. The van der Waals surface area contributed by atoms with Crippen LogP contribution in [0.25, 0.3) is 11.0 Å². The van der Waals surface area contributed by atoms with Crippen LogP contribution in [0.15, 0.2) is 36.5 Å². The fraction of sp³-hybridized carbons (Fsp3) is 0.400. The van der Waals surface area contributed by atoms with Crippen LogP contribution in [0.1, 0.15) is 37.6 Å². The number of hydrogen-bond donors (Lipinski definition) is 2. The summed E-state index contributed by atoms with van der Waals surface area (Å²) in [6, 6.07) is 9.95. The van der Waals surface area contributed by atoms with Crippen LogP contribution in [0.3, 0.4) is 0 Å². The smallest absolute Gasteiger partial charge is 0.225 e. The Morgan fingerprint density at radius 1 is 1.33 bits per heavy atom. The van der Waals surface area contributed by atoms with Crippen molar-refractivity contribution in [3.8, 4) is 0 Å². The third-order valence-electron chi connectivity index (χ3n) is 5.02. The van der Waals surface area contributed by atoms with Crippen molar-refractivity contribution in [3.05, 3.63) is 47.9 Å². The summed E-state index contributed by atoms with van der Waals surface area (Å²) in [5, 5.41) is 11.6. The van der Waals surface area contributed by atoms with Crippen molar-refractivity contribution >= 4 is 22.8 Å². The highest BCUT2D eigenvalue weighted by Gasteiger charge is 2.29. The van der Waals surface area contributed by atoms with Crippen LogP contribution in [0, 0.1) is 5.92 Å². The molecule has 1 saturated heterocycles. The maximum atomic E-state index is 12.2. The summed E-state index contributed by atoms with van der Waals surface area (Å²) >= 11 is 0. The minimum Gasteiger partial charge on any atom is -0.362 e. The normalized spacial score (nSPS) is 17.0. The number of fused-ring (bicyclic) bond motifs is 1. The predicted molar refractivity (Wildman–Crippen MR) is 104 cm³/mol. The van der Waals surface area contributed by atoms with Crippen LogP contribution >= 0.6 is 0 Å². The summed E-state index contributed by atoms with van der Waals surface area (Å²) < 4.78 is 0. The number of aromatic nitrogens is 4. The van der Waals surface area contributed by atoms with Gasteiger partial charge in [-0.25, -0.2) is 4.98 Å². The molecular formula is C20H24N6O. The van der Waals surface area contributed by atoms with E-state index in [1.807, 2.05) is 36.9 Å². The van der Waals surface area contributed by atoms with Crippen LogP contribution in [0.5, 0.6) is 0 Å². The Balaban J connectivity index is 1.47. The van der Waals surface area contributed by atoms with Crippen molar-refractivity contribution in [1.29, 1.82) is 0 Å². The molecule has 0 saturated carbocycles. The number of amides is 1. The average molecular weight is 364 g/mol. The molecule has 4 heterocycles. The number of hydrogen-bond acceptors (Lipinski definition) is 5. The van der Waals surface area contributed by atoms with Gasteiger partial charge in [-0.3, -0.25) is 14.9 Å². The Labute approximate surface area is 158 Å². The summed E-state index contributed by atoms with van der Waals surface area (Å²) in [6.45, 7) is 6.06. The first-order valence-corrected chi connectivity index (χ1v) is 9.39.